The number of aromatic nitrogens is 1. The number of methoxy groups -OCH3 is 1. The van der Waals surface area contributed by atoms with E-state index in [9.17, 15) is 9.59 Å². The average Bonchev–Trinajstić information content (AvgIpc) is 2.69. The molecule has 0 atom stereocenters. The summed E-state index contributed by atoms with van der Waals surface area (Å²) in [5, 5.41) is 8.03. The Labute approximate surface area is 171 Å². The van der Waals surface area contributed by atoms with Gasteiger partial charge in [0.15, 0.2) is 0 Å². The van der Waals surface area contributed by atoms with Crippen molar-refractivity contribution in [2.45, 2.75) is 6.54 Å². The fourth-order valence-electron chi connectivity index (χ4n) is 2.74. The molecule has 0 aliphatic rings. The maximum atomic E-state index is 12.2. The molecule has 0 unspecified atom stereocenters. The van der Waals surface area contributed by atoms with Crippen LogP contribution in [0, 0.1) is 0 Å². The summed E-state index contributed by atoms with van der Waals surface area (Å²) in [6.07, 6.45) is 3.35. The van der Waals surface area contributed by atoms with Crippen molar-refractivity contribution in [1.82, 2.24) is 10.3 Å². The average molecular weight is 418 g/mol. The predicted molar refractivity (Wildman–Crippen MR) is 110 cm³/mol. The lowest BCUT2D eigenvalue weighted by atomic mass is 10.0. The van der Waals surface area contributed by atoms with Crippen LogP contribution in [0.4, 0.5) is 5.69 Å². The Kier molecular flexibility index (Phi) is 6.34. The first-order valence-electron chi connectivity index (χ1n) is 8.38. The van der Waals surface area contributed by atoms with Crippen LogP contribution in [0.15, 0.2) is 48.8 Å². The van der Waals surface area contributed by atoms with Crippen molar-refractivity contribution in [3.8, 4) is 0 Å². The van der Waals surface area contributed by atoms with Gasteiger partial charge < -0.3 is 15.4 Å². The Morgan fingerprint density at radius 2 is 2.00 bits per heavy atom. The molecule has 3 aromatic rings. The van der Waals surface area contributed by atoms with E-state index in [1.54, 1.807) is 42.7 Å². The van der Waals surface area contributed by atoms with Gasteiger partial charge in [0.1, 0.15) is 0 Å². The monoisotopic (exact) mass is 417 g/mol. The molecule has 2 N–H and O–H groups in total. The number of carbonyl (C=O) groups is 2. The normalized spacial score (nSPS) is 10.5. The number of carbonyl (C=O) groups excluding carboxylic acids is 2. The highest BCUT2D eigenvalue weighted by Crippen LogP contribution is 2.34. The van der Waals surface area contributed by atoms with Gasteiger partial charge >= 0.3 is 5.97 Å². The Bertz CT molecular complexity index is 1030. The zero-order chi connectivity index (χ0) is 20.1. The molecule has 6 nitrogen and oxygen atoms in total. The number of halogens is 2. The molecule has 0 fully saturated rings. The molecule has 0 aliphatic carbocycles. The van der Waals surface area contributed by atoms with Gasteiger partial charge in [0.25, 0.3) is 0 Å². The minimum atomic E-state index is -0.498. The molecule has 1 aromatic heterocycles. The van der Waals surface area contributed by atoms with Crippen LogP contribution >= 0.6 is 23.2 Å². The number of anilines is 1. The molecule has 1 amide bonds. The second-order valence-electron chi connectivity index (χ2n) is 5.99. The summed E-state index contributed by atoms with van der Waals surface area (Å²) in [5.41, 5.74) is 1.76. The summed E-state index contributed by atoms with van der Waals surface area (Å²) in [4.78, 5) is 28.2. The summed E-state index contributed by atoms with van der Waals surface area (Å²) in [5.74, 6) is -0.715. The van der Waals surface area contributed by atoms with Crippen molar-refractivity contribution in [3.63, 3.8) is 0 Å². The molecular weight excluding hydrogens is 401 g/mol. The summed E-state index contributed by atoms with van der Waals surface area (Å²) in [6, 6.07) is 10.2. The van der Waals surface area contributed by atoms with Gasteiger partial charge in [-0.3, -0.25) is 9.78 Å². The van der Waals surface area contributed by atoms with Gasteiger partial charge in [0.05, 0.1) is 24.2 Å². The van der Waals surface area contributed by atoms with Crippen LogP contribution < -0.4 is 10.6 Å². The molecule has 0 saturated carbocycles. The predicted octanol–water partition coefficient (Wildman–Crippen LogP) is 4.06. The van der Waals surface area contributed by atoms with Gasteiger partial charge in [-0.2, -0.15) is 0 Å². The standard InChI is InChI=1S/C20H17Cl2N3O3/c1-28-20(27)14-5-13-6-15(21)8-16(22)19(13)17(7-14)24-11-18(26)25-10-12-3-2-4-23-9-12/h2-9,24H,10-11H2,1H3,(H,25,26). The van der Waals surface area contributed by atoms with Gasteiger partial charge in [-0.25, -0.2) is 4.79 Å². The van der Waals surface area contributed by atoms with E-state index in [1.807, 2.05) is 6.07 Å². The smallest absolute Gasteiger partial charge is 0.337 e. The lowest BCUT2D eigenvalue weighted by Gasteiger charge is -2.14. The van der Waals surface area contributed by atoms with Gasteiger partial charge in [0, 0.05) is 35.0 Å². The van der Waals surface area contributed by atoms with Crippen LogP contribution in [0.5, 0.6) is 0 Å². The molecule has 2 aromatic carbocycles. The molecule has 0 saturated heterocycles. The molecule has 28 heavy (non-hydrogen) atoms. The van der Waals surface area contributed by atoms with Gasteiger partial charge in [-0.05, 0) is 41.3 Å². The zero-order valence-electron chi connectivity index (χ0n) is 15.0. The number of hydrogen-bond donors (Lipinski definition) is 2. The van der Waals surface area contributed by atoms with E-state index in [0.717, 1.165) is 5.56 Å². The number of fused-ring (bicyclic) bond motifs is 1. The van der Waals surface area contributed by atoms with E-state index in [4.69, 9.17) is 27.9 Å². The first-order chi connectivity index (χ1) is 13.5. The van der Waals surface area contributed by atoms with Crippen molar-refractivity contribution in [2.75, 3.05) is 19.0 Å². The Morgan fingerprint density at radius 1 is 1.18 bits per heavy atom. The third-order valence-corrected chi connectivity index (χ3v) is 4.55. The topological polar surface area (TPSA) is 80.3 Å². The van der Waals surface area contributed by atoms with Crippen molar-refractivity contribution in [2.24, 2.45) is 0 Å². The lowest BCUT2D eigenvalue weighted by Crippen LogP contribution is -2.29. The van der Waals surface area contributed by atoms with Gasteiger partial charge in [-0.15, -0.1) is 0 Å². The van der Waals surface area contributed by atoms with Crippen LogP contribution in [0.1, 0.15) is 15.9 Å². The zero-order valence-corrected chi connectivity index (χ0v) is 16.5. The largest absolute Gasteiger partial charge is 0.465 e. The molecule has 0 bridgehead atoms. The summed E-state index contributed by atoms with van der Waals surface area (Å²) >= 11 is 12.4. The molecule has 3 rings (SSSR count). The van der Waals surface area contributed by atoms with Crippen molar-refractivity contribution in [1.29, 1.82) is 0 Å². The van der Waals surface area contributed by atoms with Crippen LogP contribution in [-0.4, -0.2) is 30.5 Å². The number of amides is 1. The molecule has 0 radical (unpaired) electrons. The molecule has 0 spiro atoms. The first-order valence-corrected chi connectivity index (χ1v) is 9.14. The first kappa shape index (κ1) is 19.9. The summed E-state index contributed by atoms with van der Waals surface area (Å²) < 4.78 is 4.80. The highest BCUT2D eigenvalue weighted by molar-refractivity contribution is 6.39. The molecule has 144 valence electrons. The third kappa shape index (κ3) is 4.71. The molecule has 8 heteroatoms. The highest BCUT2D eigenvalue weighted by atomic mass is 35.5. The number of pyridine rings is 1. The van der Waals surface area contributed by atoms with E-state index in [0.29, 0.717) is 38.6 Å². The van der Waals surface area contributed by atoms with E-state index in [2.05, 4.69) is 15.6 Å². The van der Waals surface area contributed by atoms with Crippen molar-refractivity contribution in [3.05, 3.63) is 70.0 Å². The maximum Gasteiger partial charge on any atom is 0.337 e. The fraction of sp³-hybridized carbons (Fsp3) is 0.150. The molecule has 0 aliphatic heterocycles. The number of esters is 1. The summed E-state index contributed by atoms with van der Waals surface area (Å²) in [6.45, 7) is 0.368. The number of ether oxygens (including phenoxy) is 1. The highest BCUT2D eigenvalue weighted by Gasteiger charge is 2.14. The molecule has 1 heterocycles. The van der Waals surface area contributed by atoms with Crippen LogP contribution in [-0.2, 0) is 16.1 Å². The van der Waals surface area contributed by atoms with E-state index in [-0.39, 0.29) is 12.5 Å². The van der Waals surface area contributed by atoms with E-state index in [1.165, 1.54) is 7.11 Å². The Balaban J connectivity index is 1.80. The van der Waals surface area contributed by atoms with Crippen molar-refractivity contribution >= 4 is 51.5 Å². The van der Waals surface area contributed by atoms with E-state index >= 15 is 0 Å². The lowest BCUT2D eigenvalue weighted by molar-refractivity contribution is -0.119. The fourth-order valence-corrected chi connectivity index (χ4v) is 3.36. The second kappa shape index (κ2) is 8.91. The van der Waals surface area contributed by atoms with Crippen molar-refractivity contribution < 1.29 is 14.3 Å². The Hall–Kier alpha value is -2.83. The van der Waals surface area contributed by atoms with Gasteiger partial charge in [0.2, 0.25) is 5.91 Å². The third-order valence-electron chi connectivity index (χ3n) is 4.04. The van der Waals surface area contributed by atoms with Crippen LogP contribution in [0.3, 0.4) is 0 Å². The quantitative estimate of drug-likeness (QED) is 0.591. The number of nitrogens with one attached hydrogen (secondary N) is 2. The second-order valence-corrected chi connectivity index (χ2v) is 6.84. The van der Waals surface area contributed by atoms with Gasteiger partial charge in [-0.1, -0.05) is 29.3 Å². The number of rotatable bonds is 6. The van der Waals surface area contributed by atoms with E-state index < -0.39 is 5.97 Å². The SMILES string of the molecule is COC(=O)c1cc(NCC(=O)NCc2cccnc2)c2c(Cl)cc(Cl)cc2c1. The maximum absolute atomic E-state index is 12.2. The number of hydrogen-bond acceptors (Lipinski definition) is 5. The number of benzene rings is 2. The molecular formula is C20H17Cl2N3O3. The minimum absolute atomic E-state index is 0.00105. The number of nitrogens with zero attached hydrogens (tertiary/aromatic N) is 1. The Morgan fingerprint density at radius 3 is 2.71 bits per heavy atom. The van der Waals surface area contributed by atoms with Crippen LogP contribution in [0.2, 0.25) is 10.0 Å². The van der Waals surface area contributed by atoms with Crippen LogP contribution in [0.25, 0.3) is 10.8 Å². The minimum Gasteiger partial charge on any atom is -0.465 e. The summed E-state index contributed by atoms with van der Waals surface area (Å²) in [7, 11) is 1.30.